The second-order valence-electron chi connectivity index (χ2n) is 5.22. The minimum Gasteiger partial charge on any atom is -0.493 e. The molecular formula is C16H20O2. The Morgan fingerprint density at radius 1 is 1.00 bits per heavy atom. The van der Waals surface area contributed by atoms with E-state index >= 15 is 0 Å². The first-order valence-corrected chi connectivity index (χ1v) is 6.88. The molecule has 2 heteroatoms. The van der Waals surface area contributed by atoms with Gasteiger partial charge in [-0.3, -0.25) is 0 Å². The molecule has 0 saturated heterocycles. The standard InChI is InChI=1S/C16H20O2/c1-12-11-16(13-7-3-2-4-8-13)18-15-10-6-5-9-14(15)17-12/h2-4,7-8,11,14-16H,5-6,9-10H2,1H3/t14-,15+,16+/m1/s1. The second-order valence-corrected chi connectivity index (χ2v) is 5.22. The van der Waals surface area contributed by atoms with Gasteiger partial charge in [-0.15, -0.1) is 0 Å². The molecule has 96 valence electrons. The third kappa shape index (κ3) is 2.44. The van der Waals surface area contributed by atoms with Crippen molar-refractivity contribution in [3.05, 3.63) is 47.7 Å². The second kappa shape index (κ2) is 5.15. The molecule has 1 aliphatic heterocycles. The summed E-state index contributed by atoms with van der Waals surface area (Å²) in [5.74, 6) is 0.998. The molecule has 0 radical (unpaired) electrons. The van der Waals surface area contributed by atoms with Crippen molar-refractivity contribution in [1.82, 2.24) is 0 Å². The van der Waals surface area contributed by atoms with Gasteiger partial charge in [0.2, 0.25) is 0 Å². The maximum atomic E-state index is 6.27. The maximum absolute atomic E-state index is 6.27. The van der Waals surface area contributed by atoms with Crippen LogP contribution in [0.2, 0.25) is 0 Å². The van der Waals surface area contributed by atoms with Crippen LogP contribution in [0.4, 0.5) is 0 Å². The Labute approximate surface area is 109 Å². The summed E-state index contributed by atoms with van der Waals surface area (Å²) < 4.78 is 12.3. The van der Waals surface area contributed by atoms with Crippen molar-refractivity contribution in [1.29, 1.82) is 0 Å². The third-order valence-electron chi connectivity index (χ3n) is 3.81. The van der Waals surface area contributed by atoms with Crippen LogP contribution >= 0.6 is 0 Å². The van der Waals surface area contributed by atoms with Crippen molar-refractivity contribution in [2.24, 2.45) is 0 Å². The lowest BCUT2D eigenvalue weighted by Crippen LogP contribution is -2.33. The van der Waals surface area contributed by atoms with Crippen LogP contribution in [-0.4, -0.2) is 12.2 Å². The number of rotatable bonds is 1. The monoisotopic (exact) mass is 244 g/mol. The van der Waals surface area contributed by atoms with E-state index in [1.807, 2.05) is 13.0 Å². The molecule has 0 aromatic heterocycles. The lowest BCUT2D eigenvalue weighted by atomic mass is 9.94. The van der Waals surface area contributed by atoms with Crippen LogP contribution in [0.25, 0.3) is 0 Å². The summed E-state index contributed by atoms with van der Waals surface area (Å²) in [5.41, 5.74) is 1.21. The van der Waals surface area contributed by atoms with E-state index in [0.717, 1.165) is 18.6 Å². The minimum atomic E-state index is 0.0410. The van der Waals surface area contributed by atoms with Crippen molar-refractivity contribution in [3.8, 4) is 0 Å². The van der Waals surface area contributed by atoms with Gasteiger partial charge in [0.25, 0.3) is 0 Å². The Hall–Kier alpha value is -1.28. The number of ether oxygens (including phenoxy) is 2. The van der Waals surface area contributed by atoms with Gasteiger partial charge < -0.3 is 9.47 Å². The fourth-order valence-electron chi connectivity index (χ4n) is 2.89. The molecule has 1 saturated carbocycles. The molecule has 1 aliphatic carbocycles. The van der Waals surface area contributed by atoms with Crippen LogP contribution in [0.15, 0.2) is 42.2 Å². The lowest BCUT2D eigenvalue weighted by Gasteiger charge is -2.31. The normalized spacial score (nSPS) is 31.8. The van der Waals surface area contributed by atoms with E-state index in [1.54, 1.807) is 0 Å². The minimum absolute atomic E-state index is 0.0410. The van der Waals surface area contributed by atoms with Gasteiger partial charge in [-0.2, -0.15) is 0 Å². The Balaban J connectivity index is 1.84. The van der Waals surface area contributed by atoms with Gasteiger partial charge in [0.15, 0.2) is 0 Å². The van der Waals surface area contributed by atoms with E-state index in [1.165, 1.54) is 18.4 Å². The SMILES string of the molecule is CC1=C[C@@H](c2ccccc2)O[C@H]2CCCC[C@H]2O1. The summed E-state index contributed by atoms with van der Waals surface area (Å²) in [4.78, 5) is 0. The molecule has 1 aromatic rings. The molecular weight excluding hydrogens is 224 g/mol. The largest absolute Gasteiger partial charge is 0.493 e. The first kappa shape index (κ1) is 11.8. The third-order valence-corrected chi connectivity index (χ3v) is 3.81. The Morgan fingerprint density at radius 3 is 2.50 bits per heavy atom. The average molecular weight is 244 g/mol. The zero-order chi connectivity index (χ0) is 12.4. The molecule has 0 unspecified atom stereocenters. The number of hydrogen-bond donors (Lipinski definition) is 0. The zero-order valence-corrected chi connectivity index (χ0v) is 10.8. The highest BCUT2D eigenvalue weighted by molar-refractivity contribution is 5.22. The lowest BCUT2D eigenvalue weighted by molar-refractivity contribution is -0.0769. The van der Waals surface area contributed by atoms with E-state index in [2.05, 4.69) is 30.3 Å². The summed E-state index contributed by atoms with van der Waals surface area (Å²) >= 11 is 0. The zero-order valence-electron chi connectivity index (χ0n) is 10.8. The van der Waals surface area contributed by atoms with Crippen molar-refractivity contribution in [2.45, 2.75) is 50.9 Å². The first-order chi connectivity index (χ1) is 8.83. The number of allylic oxidation sites excluding steroid dienone is 1. The molecule has 0 amide bonds. The van der Waals surface area contributed by atoms with Crippen molar-refractivity contribution in [3.63, 3.8) is 0 Å². The molecule has 1 fully saturated rings. The molecule has 3 rings (SSSR count). The van der Waals surface area contributed by atoms with Gasteiger partial charge in [0, 0.05) is 0 Å². The fourth-order valence-corrected chi connectivity index (χ4v) is 2.89. The molecule has 0 bridgehead atoms. The van der Waals surface area contributed by atoms with Crippen LogP contribution in [-0.2, 0) is 9.47 Å². The predicted molar refractivity (Wildman–Crippen MR) is 71.2 cm³/mol. The summed E-state index contributed by atoms with van der Waals surface area (Å²) in [6.07, 6.45) is 7.40. The van der Waals surface area contributed by atoms with Gasteiger partial charge in [-0.25, -0.2) is 0 Å². The van der Waals surface area contributed by atoms with Gasteiger partial charge in [-0.1, -0.05) is 36.8 Å². The molecule has 18 heavy (non-hydrogen) atoms. The van der Waals surface area contributed by atoms with Gasteiger partial charge in [0.1, 0.15) is 12.2 Å². The number of hydrogen-bond acceptors (Lipinski definition) is 2. The molecule has 0 N–H and O–H groups in total. The van der Waals surface area contributed by atoms with Crippen molar-refractivity contribution < 1.29 is 9.47 Å². The number of benzene rings is 1. The molecule has 0 spiro atoms. The summed E-state index contributed by atoms with van der Waals surface area (Å²) in [6, 6.07) is 10.4. The van der Waals surface area contributed by atoms with Gasteiger partial charge in [0.05, 0.1) is 11.9 Å². The fraction of sp³-hybridized carbons (Fsp3) is 0.500. The predicted octanol–water partition coefficient (Wildman–Crippen LogP) is 3.99. The highest BCUT2D eigenvalue weighted by atomic mass is 16.6. The van der Waals surface area contributed by atoms with Crippen LogP contribution in [0.1, 0.15) is 44.3 Å². The molecule has 2 aliphatic rings. The molecule has 2 nitrogen and oxygen atoms in total. The number of fused-ring (bicyclic) bond motifs is 1. The van der Waals surface area contributed by atoms with E-state index in [0.29, 0.717) is 0 Å². The summed E-state index contributed by atoms with van der Waals surface area (Å²) in [7, 11) is 0. The topological polar surface area (TPSA) is 18.5 Å². The van der Waals surface area contributed by atoms with Crippen molar-refractivity contribution >= 4 is 0 Å². The smallest absolute Gasteiger partial charge is 0.124 e. The van der Waals surface area contributed by atoms with E-state index in [-0.39, 0.29) is 18.3 Å². The van der Waals surface area contributed by atoms with Crippen molar-refractivity contribution in [2.75, 3.05) is 0 Å². The van der Waals surface area contributed by atoms with E-state index in [4.69, 9.17) is 9.47 Å². The summed E-state index contributed by atoms with van der Waals surface area (Å²) in [5, 5.41) is 0. The van der Waals surface area contributed by atoms with E-state index < -0.39 is 0 Å². The van der Waals surface area contributed by atoms with Gasteiger partial charge >= 0.3 is 0 Å². The van der Waals surface area contributed by atoms with Crippen LogP contribution in [0.5, 0.6) is 0 Å². The molecule has 3 atom stereocenters. The average Bonchev–Trinajstić information content (AvgIpc) is 2.57. The Bertz CT molecular complexity index is 424. The highest BCUT2D eigenvalue weighted by Crippen LogP contribution is 2.34. The Morgan fingerprint density at radius 2 is 1.72 bits per heavy atom. The Kier molecular flexibility index (Phi) is 3.37. The maximum Gasteiger partial charge on any atom is 0.124 e. The van der Waals surface area contributed by atoms with E-state index in [9.17, 15) is 0 Å². The highest BCUT2D eigenvalue weighted by Gasteiger charge is 2.32. The summed E-state index contributed by atoms with van der Waals surface area (Å²) in [6.45, 7) is 2.04. The van der Waals surface area contributed by atoms with Crippen LogP contribution in [0.3, 0.4) is 0 Å². The quantitative estimate of drug-likeness (QED) is 0.743. The first-order valence-electron chi connectivity index (χ1n) is 6.88. The van der Waals surface area contributed by atoms with Gasteiger partial charge in [-0.05, 0) is 37.8 Å². The van der Waals surface area contributed by atoms with Crippen LogP contribution < -0.4 is 0 Å². The molecule has 1 aromatic carbocycles. The van der Waals surface area contributed by atoms with Crippen LogP contribution in [0, 0.1) is 0 Å². The molecule has 1 heterocycles.